The van der Waals surface area contributed by atoms with Crippen LogP contribution in [0.1, 0.15) is 28.4 Å². The van der Waals surface area contributed by atoms with Gasteiger partial charge in [-0.25, -0.2) is 0 Å². The number of fused-ring (bicyclic) bond motifs is 2. The third kappa shape index (κ3) is 4.75. The summed E-state index contributed by atoms with van der Waals surface area (Å²) in [5.41, 5.74) is 6.09. The van der Waals surface area contributed by atoms with E-state index in [1.807, 2.05) is 30.5 Å². The number of nitrogens with zero attached hydrogens (tertiary/aromatic N) is 2. The Morgan fingerprint density at radius 3 is 3.00 bits per heavy atom. The molecule has 0 radical (unpaired) electrons. The molecular formula is C29H28N4O4. The lowest BCUT2D eigenvalue weighted by Gasteiger charge is -2.36. The highest BCUT2D eigenvalue weighted by molar-refractivity contribution is 5.59. The molecule has 1 fully saturated rings. The van der Waals surface area contributed by atoms with Gasteiger partial charge in [0.1, 0.15) is 23.4 Å². The van der Waals surface area contributed by atoms with Gasteiger partial charge in [0.15, 0.2) is 0 Å². The number of H-pyrrole nitrogens is 1. The molecule has 2 N–H and O–H groups in total. The Morgan fingerprint density at radius 2 is 2.11 bits per heavy atom. The smallest absolute Gasteiger partial charge is 0.249 e. The molecule has 1 unspecified atom stereocenters. The summed E-state index contributed by atoms with van der Waals surface area (Å²) in [6.07, 6.45) is 5.84. The zero-order chi connectivity index (χ0) is 25.2. The Bertz CT molecular complexity index is 1480. The van der Waals surface area contributed by atoms with E-state index in [0.717, 1.165) is 63.8 Å². The standard InChI is InChI=1S/C29H28N4O4/c1-35-25-8-9-30-16-21(25)17-32-22-5-6-26-20(14-22)13-19-3-2-4-24(29(19)37-26)27-18-33(11-12-36-27)23-7-10-31-28(34)15-23/h2-10,14-16,27,32H,11-13,17-18H2,1H3,(H,31,34). The number of hydrogen-bond acceptors (Lipinski definition) is 7. The quantitative estimate of drug-likeness (QED) is 0.353. The first-order chi connectivity index (χ1) is 18.2. The molecule has 8 heteroatoms. The van der Waals surface area contributed by atoms with Crippen LogP contribution in [0, 0.1) is 0 Å². The predicted octanol–water partition coefficient (Wildman–Crippen LogP) is 4.67. The lowest BCUT2D eigenvalue weighted by atomic mass is 9.95. The van der Waals surface area contributed by atoms with Crippen LogP contribution >= 0.6 is 0 Å². The van der Waals surface area contributed by atoms with Gasteiger partial charge in [0.25, 0.3) is 0 Å². The predicted molar refractivity (Wildman–Crippen MR) is 142 cm³/mol. The van der Waals surface area contributed by atoms with Crippen LogP contribution in [0.4, 0.5) is 11.4 Å². The normalized spacial score (nSPS) is 16.4. The maximum atomic E-state index is 11.8. The summed E-state index contributed by atoms with van der Waals surface area (Å²) in [5, 5.41) is 3.47. The molecule has 0 spiro atoms. The van der Waals surface area contributed by atoms with Crippen molar-refractivity contribution in [1.29, 1.82) is 0 Å². The summed E-state index contributed by atoms with van der Waals surface area (Å²) in [4.78, 5) is 20.9. The van der Waals surface area contributed by atoms with Gasteiger partial charge in [-0.3, -0.25) is 9.78 Å². The summed E-state index contributed by atoms with van der Waals surface area (Å²) in [5.74, 6) is 2.54. The number of morpholine rings is 1. The highest BCUT2D eigenvalue weighted by atomic mass is 16.5. The molecule has 0 bridgehead atoms. The molecule has 188 valence electrons. The largest absolute Gasteiger partial charge is 0.496 e. The Morgan fingerprint density at radius 1 is 1.16 bits per heavy atom. The van der Waals surface area contributed by atoms with Crippen molar-refractivity contribution in [1.82, 2.24) is 9.97 Å². The van der Waals surface area contributed by atoms with E-state index in [1.165, 1.54) is 0 Å². The Kier molecular flexibility index (Phi) is 6.24. The molecule has 1 atom stereocenters. The number of rotatable bonds is 6. The topological polar surface area (TPSA) is 88.7 Å². The number of methoxy groups -OCH3 is 1. The average Bonchev–Trinajstić information content (AvgIpc) is 2.94. The van der Waals surface area contributed by atoms with Crippen molar-refractivity contribution in [2.24, 2.45) is 0 Å². The number of aromatic nitrogens is 2. The lowest BCUT2D eigenvalue weighted by Crippen LogP contribution is -2.39. The summed E-state index contributed by atoms with van der Waals surface area (Å²) >= 11 is 0. The fraction of sp³-hybridized carbons (Fsp3) is 0.241. The van der Waals surface area contributed by atoms with Gasteiger partial charge in [-0.15, -0.1) is 0 Å². The number of hydrogen-bond donors (Lipinski definition) is 2. The van der Waals surface area contributed by atoms with Crippen LogP contribution in [-0.2, 0) is 17.7 Å². The maximum absolute atomic E-state index is 11.8. The third-order valence-corrected chi connectivity index (χ3v) is 6.88. The first-order valence-corrected chi connectivity index (χ1v) is 12.4. The van der Waals surface area contributed by atoms with E-state index >= 15 is 0 Å². The van der Waals surface area contributed by atoms with Crippen molar-refractivity contribution >= 4 is 11.4 Å². The molecule has 0 aliphatic carbocycles. The molecule has 1 saturated heterocycles. The first kappa shape index (κ1) is 23.1. The lowest BCUT2D eigenvalue weighted by molar-refractivity contribution is 0.0384. The molecule has 2 aromatic heterocycles. The second-order valence-corrected chi connectivity index (χ2v) is 9.19. The van der Waals surface area contributed by atoms with Crippen LogP contribution in [0.3, 0.4) is 0 Å². The van der Waals surface area contributed by atoms with Crippen molar-refractivity contribution in [3.8, 4) is 17.2 Å². The molecule has 0 saturated carbocycles. The number of ether oxygens (including phenoxy) is 3. The van der Waals surface area contributed by atoms with Crippen LogP contribution < -0.4 is 25.2 Å². The summed E-state index contributed by atoms with van der Waals surface area (Å²) in [7, 11) is 1.67. The zero-order valence-corrected chi connectivity index (χ0v) is 20.6. The van der Waals surface area contributed by atoms with Crippen molar-refractivity contribution in [2.45, 2.75) is 19.1 Å². The van der Waals surface area contributed by atoms with Gasteiger partial charge in [0, 0.05) is 78.8 Å². The van der Waals surface area contributed by atoms with E-state index in [0.29, 0.717) is 19.7 Å². The molecule has 8 nitrogen and oxygen atoms in total. The van der Waals surface area contributed by atoms with Crippen LogP contribution in [0.5, 0.6) is 17.2 Å². The number of anilines is 2. The average molecular weight is 497 g/mol. The van der Waals surface area contributed by atoms with E-state index in [9.17, 15) is 4.79 Å². The van der Waals surface area contributed by atoms with Crippen LogP contribution in [0.2, 0.25) is 0 Å². The SMILES string of the molecule is COc1ccncc1CNc1ccc2c(c1)Cc1cccc(C3CN(c4cc[nH]c(=O)c4)CCO3)c1O2. The highest BCUT2D eigenvalue weighted by Gasteiger charge is 2.28. The van der Waals surface area contributed by atoms with E-state index < -0.39 is 0 Å². The maximum Gasteiger partial charge on any atom is 0.249 e. The number of pyridine rings is 2. The van der Waals surface area contributed by atoms with E-state index in [-0.39, 0.29) is 11.7 Å². The van der Waals surface area contributed by atoms with Crippen LogP contribution in [0.25, 0.3) is 0 Å². The summed E-state index contributed by atoms with van der Waals surface area (Å²) < 4.78 is 18.1. The molecule has 2 aliphatic rings. The monoisotopic (exact) mass is 496 g/mol. The van der Waals surface area contributed by atoms with Gasteiger partial charge in [-0.05, 0) is 35.9 Å². The molecule has 2 aromatic carbocycles. The Labute approximate surface area is 214 Å². The van der Waals surface area contributed by atoms with Crippen molar-refractivity contribution in [3.63, 3.8) is 0 Å². The fourth-order valence-corrected chi connectivity index (χ4v) is 5.01. The second-order valence-electron chi connectivity index (χ2n) is 9.19. The minimum atomic E-state index is -0.153. The number of benzene rings is 2. The van der Waals surface area contributed by atoms with E-state index in [4.69, 9.17) is 14.2 Å². The Balaban J connectivity index is 1.20. The molecule has 6 rings (SSSR count). The molecule has 37 heavy (non-hydrogen) atoms. The third-order valence-electron chi connectivity index (χ3n) is 6.88. The van der Waals surface area contributed by atoms with Gasteiger partial charge >= 0.3 is 0 Å². The molecule has 0 amide bonds. The van der Waals surface area contributed by atoms with E-state index in [1.54, 1.807) is 25.6 Å². The number of aromatic amines is 1. The Hall–Kier alpha value is -4.30. The number of nitrogens with one attached hydrogen (secondary N) is 2. The highest BCUT2D eigenvalue weighted by Crippen LogP contribution is 2.43. The first-order valence-electron chi connectivity index (χ1n) is 12.4. The number of para-hydroxylation sites is 1. The molecular weight excluding hydrogens is 468 g/mol. The van der Waals surface area contributed by atoms with Gasteiger partial charge in [-0.2, -0.15) is 0 Å². The summed E-state index contributed by atoms with van der Waals surface area (Å²) in [6.45, 7) is 2.57. The van der Waals surface area contributed by atoms with Crippen molar-refractivity contribution in [2.75, 3.05) is 37.0 Å². The van der Waals surface area contributed by atoms with Gasteiger partial charge in [0.2, 0.25) is 5.56 Å². The van der Waals surface area contributed by atoms with Crippen molar-refractivity contribution < 1.29 is 14.2 Å². The van der Waals surface area contributed by atoms with Gasteiger partial charge in [0.05, 0.1) is 13.7 Å². The minimum Gasteiger partial charge on any atom is -0.496 e. The molecule has 2 aliphatic heterocycles. The van der Waals surface area contributed by atoms with Gasteiger partial charge < -0.3 is 29.4 Å². The second kappa shape index (κ2) is 9.99. The van der Waals surface area contributed by atoms with E-state index in [2.05, 4.69) is 44.5 Å². The minimum absolute atomic E-state index is 0.106. The molecule has 4 heterocycles. The van der Waals surface area contributed by atoms with Gasteiger partial charge in [-0.1, -0.05) is 18.2 Å². The zero-order valence-electron chi connectivity index (χ0n) is 20.6. The van der Waals surface area contributed by atoms with Crippen LogP contribution in [0.15, 0.2) is 78.0 Å². The fourth-order valence-electron chi connectivity index (χ4n) is 5.01. The molecule has 4 aromatic rings. The summed E-state index contributed by atoms with van der Waals surface area (Å²) in [6, 6.07) is 17.9. The van der Waals surface area contributed by atoms with Crippen LogP contribution in [-0.4, -0.2) is 36.8 Å². The van der Waals surface area contributed by atoms with Crippen molar-refractivity contribution in [3.05, 3.63) is 106 Å².